The van der Waals surface area contributed by atoms with Crippen molar-refractivity contribution < 1.29 is 9.53 Å². The summed E-state index contributed by atoms with van der Waals surface area (Å²) >= 11 is 0. The van der Waals surface area contributed by atoms with Gasteiger partial charge in [-0.2, -0.15) is 0 Å². The Morgan fingerprint density at radius 2 is 0.729 bits per heavy atom. The SMILES string of the molecule is CCCC/C=C\CCCCCCCC(=O)OCCCCCCCCCCCCCCCCCCCCCCCCCCCCCC(C)C. The van der Waals surface area contributed by atoms with Crippen molar-refractivity contribution in [1.29, 1.82) is 0 Å². The third-order valence-corrected chi connectivity index (χ3v) is 10.3. The third kappa shape index (κ3) is 43.2. The van der Waals surface area contributed by atoms with Crippen LogP contribution in [0.1, 0.15) is 265 Å². The summed E-state index contributed by atoms with van der Waals surface area (Å²) in [6.07, 6.45) is 56.1. The van der Waals surface area contributed by atoms with Gasteiger partial charge in [-0.1, -0.05) is 238 Å². The average Bonchev–Trinajstić information content (AvgIpc) is 3.08. The Kier molecular flexibility index (Phi) is 41.7. The number of esters is 1. The maximum Gasteiger partial charge on any atom is 0.305 e. The van der Waals surface area contributed by atoms with Crippen molar-refractivity contribution >= 4 is 5.97 Å². The van der Waals surface area contributed by atoms with Crippen LogP contribution >= 0.6 is 0 Å². The van der Waals surface area contributed by atoms with Gasteiger partial charge in [0.15, 0.2) is 0 Å². The van der Waals surface area contributed by atoms with E-state index >= 15 is 0 Å². The lowest BCUT2D eigenvalue weighted by molar-refractivity contribution is -0.143. The molecule has 0 aliphatic carbocycles. The van der Waals surface area contributed by atoms with Gasteiger partial charge in [0, 0.05) is 6.42 Å². The predicted octanol–water partition coefficient (Wildman–Crippen LogP) is 16.6. The molecule has 0 saturated heterocycles. The van der Waals surface area contributed by atoms with Crippen molar-refractivity contribution in [3.8, 4) is 0 Å². The van der Waals surface area contributed by atoms with Gasteiger partial charge in [0.05, 0.1) is 6.61 Å². The van der Waals surface area contributed by atoms with E-state index in [0.29, 0.717) is 13.0 Å². The van der Waals surface area contributed by atoms with Gasteiger partial charge in [-0.25, -0.2) is 0 Å². The molecule has 0 spiro atoms. The van der Waals surface area contributed by atoms with E-state index in [4.69, 9.17) is 4.74 Å². The monoisotopic (exact) mass is 675 g/mol. The molecule has 0 atom stereocenters. The molecule has 0 saturated carbocycles. The van der Waals surface area contributed by atoms with E-state index in [2.05, 4.69) is 32.9 Å². The second-order valence-corrected chi connectivity index (χ2v) is 15.9. The van der Waals surface area contributed by atoms with Gasteiger partial charge >= 0.3 is 5.97 Å². The van der Waals surface area contributed by atoms with E-state index in [1.165, 1.54) is 218 Å². The number of rotatable bonds is 41. The van der Waals surface area contributed by atoms with Crippen molar-refractivity contribution in [2.45, 2.75) is 265 Å². The number of carbonyl (C=O) groups excluding carboxylic acids is 1. The fourth-order valence-electron chi connectivity index (χ4n) is 6.95. The Labute approximate surface area is 304 Å². The standard InChI is InChI=1S/C46H90O2/c1-4-5-6-7-8-9-27-31-34-37-40-43-46(47)48-44-41-38-35-32-29-26-24-22-20-18-16-14-12-10-11-13-15-17-19-21-23-25-28-30-33-36-39-42-45(2)3/h7-8,45H,4-6,9-44H2,1-3H3/b8-7-. The van der Waals surface area contributed by atoms with Gasteiger partial charge in [-0.3, -0.25) is 4.79 Å². The highest BCUT2D eigenvalue weighted by atomic mass is 16.5. The lowest BCUT2D eigenvalue weighted by atomic mass is 10.0. The molecule has 286 valence electrons. The number of hydrogen-bond donors (Lipinski definition) is 0. The van der Waals surface area contributed by atoms with Crippen molar-refractivity contribution in [2.24, 2.45) is 5.92 Å². The van der Waals surface area contributed by atoms with E-state index in [-0.39, 0.29) is 5.97 Å². The summed E-state index contributed by atoms with van der Waals surface area (Å²) in [6, 6.07) is 0. The first-order valence-corrected chi connectivity index (χ1v) is 22.5. The van der Waals surface area contributed by atoms with E-state index in [1.54, 1.807) is 0 Å². The molecule has 0 radical (unpaired) electrons. The van der Waals surface area contributed by atoms with Gasteiger partial charge in [-0.15, -0.1) is 0 Å². The molecular formula is C46H90O2. The summed E-state index contributed by atoms with van der Waals surface area (Å²) in [7, 11) is 0. The number of unbranched alkanes of at least 4 members (excludes halogenated alkanes) is 33. The number of carbonyl (C=O) groups is 1. The van der Waals surface area contributed by atoms with Crippen LogP contribution in [0.25, 0.3) is 0 Å². The molecule has 0 aromatic carbocycles. The smallest absolute Gasteiger partial charge is 0.305 e. The molecule has 48 heavy (non-hydrogen) atoms. The van der Waals surface area contributed by atoms with Crippen LogP contribution in [0.2, 0.25) is 0 Å². The van der Waals surface area contributed by atoms with Gasteiger partial charge in [0.1, 0.15) is 0 Å². The van der Waals surface area contributed by atoms with Crippen LogP contribution < -0.4 is 0 Å². The maximum atomic E-state index is 11.9. The molecule has 0 aromatic rings. The lowest BCUT2D eigenvalue weighted by Crippen LogP contribution is -2.05. The van der Waals surface area contributed by atoms with Crippen LogP contribution in [-0.4, -0.2) is 12.6 Å². The molecule has 0 fully saturated rings. The number of hydrogen-bond acceptors (Lipinski definition) is 2. The van der Waals surface area contributed by atoms with Gasteiger partial charge in [0.2, 0.25) is 0 Å². The molecule has 0 amide bonds. The van der Waals surface area contributed by atoms with Crippen LogP contribution in [0.5, 0.6) is 0 Å². The van der Waals surface area contributed by atoms with E-state index in [1.807, 2.05) is 0 Å². The largest absolute Gasteiger partial charge is 0.466 e. The first-order valence-electron chi connectivity index (χ1n) is 22.5. The Bertz CT molecular complexity index is 624. The molecule has 0 aromatic heterocycles. The Morgan fingerprint density at radius 1 is 0.417 bits per heavy atom. The van der Waals surface area contributed by atoms with E-state index in [0.717, 1.165) is 25.2 Å². The van der Waals surface area contributed by atoms with Gasteiger partial charge < -0.3 is 4.74 Å². The topological polar surface area (TPSA) is 26.3 Å². The molecule has 2 nitrogen and oxygen atoms in total. The second kappa shape index (κ2) is 42.4. The minimum atomic E-state index is 0.0175. The van der Waals surface area contributed by atoms with E-state index in [9.17, 15) is 4.79 Å². The molecule has 2 heteroatoms. The molecule has 0 aliphatic heterocycles. The zero-order valence-corrected chi connectivity index (χ0v) is 33.6. The van der Waals surface area contributed by atoms with Crippen LogP contribution in [0.3, 0.4) is 0 Å². The fourth-order valence-corrected chi connectivity index (χ4v) is 6.95. The van der Waals surface area contributed by atoms with E-state index < -0.39 is 0 Å². The maximum absolute atomic E-state index is 11.9. The summed E-state index contributed by atoms with van der Waals surface area (Å²) in [5, 5.41) is 0. The zero-order valence-electron chi connectivity index (χ0n) is 33.6. The van der Waals surface area contributed by atoms with Crippen LogP contribution in [0.15, 0.2) is 12.2 Å². The van der Waals surface area contributed by atoms with Crippen molar-refractivity contribution in [3.05, 3.63) is 12.2 Å². The zero-order chi connectivity index (χ0) is 34.9. The van der Waals surface area contributed by atoms with Crippen LogP contribution in [-0.2, 0) is 9.53 Å². The summed E-state index contributed by atoms with van der Waals surface area (Å²) in [6.45, 7) is 7.57. The Morgan fingerprint density at radius 3 is 1.10 bits per heavy atom. The van der Waals surface area contributed by atoms with Gasteiger partial charge in [-0.05, 0) is 38.0 Å². The van der Waals surface area contributed by atoms with Gasteiger partial charge in [0.25, 0.3) is 0 Å². The highest BCUT2D eigenvalue weighted by Gasteiger charge is 2.03. The molecule has 0 bridgehead atoms. The molecular weight excluding hydrogens is 585 g/mol. The fraction of sp³-hybridized carbons (Fsp3) is 0.935. The van der Waals surface area contributed by atoms with Crippen molar-refractivity contribution in [2.75, 3.05) is 6.61 Å². The minimum Gasteiger partial charge on any atom is -0.466 e. The minimum absolute atomic E-state index is 0.0175. The summed E-state index contributed by atoms with van der Waals surface area (Å²) in [5.41, 5.74) is 0. The summed E-state index contributed by atoms with van der Waals surface area (Å²) in [5.74, 6) is 0.905. The number of allylic oxidation sites excluding steroid dienone is 2. The second-order valence-electron chi connectivity index (χ2n) is 15.9. The van der Waals surface area contributed by atoms with Crippen LogP contribution in [0.4, 0.5) is 0 Å². The third-order valence-electron chi connectivity index (χ3n) is 10.3. The highest BCUT2D eigenvalue weighted by Crippen LogP contribution is 2.17. The quantitative estimate of drug-likeness (QED) is 0.0366. The highest BCUT2D eigenvalue weighted by molar-refractivity contribution is 5.69. The first-order chi connectivity index (χ1) is 23.7. The van der Waals surface area contributed by atoms with Crippen molar-refractivity contribution in [1.82, 2.24) is 0 Å². The lowest BCUT2D eigenvalue weighted by Gasteiger charge is -2.06. The average molecular weight is 675 g/mol. The molecule has 0 unspecified atom stereocenters. The normalized spacial score (nSPS) is 11.8. The summed E-state index contributed by atoms with van der Waals surface area (Å²) in [4.78, 5) is 11.9. The number of ether oxygens (including phenoxy) is 1. The molecule has 0 N–H and O–H groups in total. The van der Waals surface area contributed by atoms with Crippen molar-refractivity contribution in [3.63, 3.8) is 0 Å². The Hall–Kier alpha value is -0.790. The molecule has 0 heterocycles. The molecule has 0 aliphatic rings. The first kappa shape index (κ1) is 47.2. The summed E-state index contributed by atoms with van der Waals surface area (Å²) < 4.78 is 5.45. The van der Waals surface area contributed by atoms with Crippen LogP contribution in [0, 0.1) is 5.92 Å². The molecule has 0 rings (SSSR count). The predicted molar refractivity (Wildman–Crippen MR) is 216 cm³/mol. The Balaban J connectivity index is 3.13.